The van der Waals surface area contributed by atoms with Gasteiger partial charge < -0.3 is 10.6 Å². The number of rotatable bonds is 3. The molecule has 0 fully saturated rings. The predicted octanol–water partition coefficient (Wildman–Crippen LogP) is 2.85. The Morgan fingerprint density at radius 3 is 2.50 bits per heavy atom. The molecule has 94 valence electrons. The van der Waals surface area contributed by atoms with Gasteiger partial charge in [-0.05, 0) is 19.1 Å². The summed E-state index contributed by atoms with van der Waals surface area (Å²) in [4.78, 5) is 8.04. The molecule has 0 saturated heterocycles. The van der Waals surface area contributed by atoms with E-state index >= 15 is 0 Å². The van der Waals surface area contributed by atoms with Crippen LogP contribution in [0.5, 0.6) is 0 Å². The molecule has 2 aromatic rings. The van der Waals surface area contributed by atoms with Gasteiger partial charge in [0.2, 0.25) is 0 Å². The van der Waals surface area contributed by atoms with Gasteiger partial charge in [0, 0.05) is 18.7 Å². The maximum absolute atomic E-state index is 13.5. The third-order valence-corrected chi connectivity index (χ3v) is 2.51. The van der Waals surface area contributed by atoms with Crippen molar-refractivity contribution in [1.82, 2.24) is 9.97 Å². The molecule has 0 aliphatic carbocycles. The van der Waals surface area contributed by atoms with Crippen molar-refractivity contribution in [2.75, 3.05) is 17.7 Å². The minimum atomic E-state index is -0.668. The Labute approximate surface area is 103 Å². The lowest BCUT2D eigenvalue weighted by atomic mass is 10.2. The van der Waals surface area contributed by atoms with E-state index in [-0.39, 0.29) is 5.69 Å². The first-order chi connectivity index (χ1) is 8.61. The molecule has 0 radical (unpaired) electrons. The molecule has 1 aromatic carbocycles. The average Bonchev–Trinajstić information content (AvgIpc) is 2.35. The number of aromatic nitrogens is 2. The van der Waals surface area contributed by atoms with Crippen molar-refractivity contribution >= 4 is 17.3 Å². The molecule has 2 rings (SSSR count). The Hall–Kier alpha value is -2.24. The van der Waals surface area contributed by atoms with Crippen molar-refractivity contribution in [2.45, 2.75) is 6.92 Å². The van der Waals surface area contributed by atoms with Crippen LogP contribution in [0.1, 0.15) is 5.56 Å². The van der Waals surface area contributed by atoms with Crippen molar-refractivity contribution in [3.63, 3.8) is 0 Å². The van der Waals surface area contributed by atoms with E-state index in [0.717, 1.165) is 11.6 Å². The topological polar surface area (TPSA) is 49.8 Å². The molecule has 0 spiro atoms. The average molecular weight is 250 g/mol. The van der Waals surface area contributed by atoms with E-state index in [9.17, 15) is 8.78 Å². The fraction of sp³-hybridized carbons (Fsp3) is 0.167. The van der Waals surface area contributed by atoms with Gasteiger partial charge in [-0.15, -0.1) is 0 Å². The van der Waals surface area contributed by atoms with Crippen molar-refractivity contribution in [3.8, 4) is 0 Å². The fourth-order valence-electron chi connectivity index (χ4n) is 1.55. The molecule has 0 aliphatic rings. The maximum atomic E-state index is 13.5. The summed E-state index contributed by atoms with van der Waals surface area (Å²) in [5.41, 5.74) is 0.920. The van der Waals surface area contributed by atoms with Crippen LogP contribution in [0, 0.1) is 18.6 Å². The van der Waals surface area contributed by atoms with E-state index in [2.05, 4.69) is 20.6 Å². The first-order valence-electron chi connectivity index (χ1n) is 5.33. The highest BCUT2D eigenvalue weighted by atomic mass is 19.1. The molecule has 0 amide bonds. The van der Waals surface area contributed by atoms with Gasteiger partial charge in [-0.1, -0.05) is 0 Å². The van der Waals surface area contributed by atoms with Crippen LogP contribution in [0.4, 0.5) is 26.1 Å². The molecule has 0 bridgehead atoms. The molecule has 6 heteroatoms. The zero-order valence-electron chi connectivity index (χ0n) is 9.96. The quantitative estimate of drug-likeness (QED) is 0.879. The van der Waals surface area contributed by atoms with Crippen LogP contribution in [0.2, 0.25) is 0 Å². The number of benzene rings is 1. The highest BCUT2D eigenvalue weighted by Gasteiger charge is 2.09. The monoisotopic (exact) mass is 250 g/mol. The summed E-state index contributed by atoms with van der Waals surface area (Å²) in [7, 11) is 1.73. The zero-order chi connectivity index (χ0) is 13.1. The largest absolute Gasteiger partial charge is 0.373 e. The Morgan fingerprint density at radius 1 is 1.11 bits per heavy atom. The second kappa shape index (κ2) is 4.95. The second-order valence-corrected chi connectivity index (χ2v) is 3.70. The molecule has 0 aliphatic heterocycles. The van der Waals surface area contributed by atoms with Gasteiger partial charge >= 0.3 is 0 Å². The van der Waals surface area contributed by atoms with Crippen molar-refractivity contribution in [1.29, 1.82) is 0 Å². The van der Waals surface area contributed by atoms with Crippen molar-refractivity contribution in [3.05, 3.63) is 41.7 Å². The van der Waals surface area contributed by atoms with E-state index in [1.165, 1.54) is 18.5 Å². The van der Waals surface area contributed by atoms with Gasteiger partial charge in [0.15, 0.2) is 0 Å². The van der Waals surface area contributed by atoms with Gasteiger partial charge in [0.05, 0.1) is 5.69 Å². The predicted molar refractivity (Wildman–Crippen MR) is 66.0 cm³/mol. The molecule has 0 atom stereocenters. The second-order valence-electron chi connectivity index (χ2n) is 3.70. The van der Waals surface area contributed by atoms with Crippen LogP contribution in [0.3, 0.4) is 0 Å². The summed E-state index contributed by atoms with van der Waals surface area (Å²) in [6.45, 7) is 1.80. The van der Waals surface area contributed by atoms with E-state index in [0.29, 0.717) is 11.6 Å². The minimum absolute atomic E-state index is 0.167. The fourth-order valence-corrected chi connectivity index (χ4v) is 1.55. The lowest BCUT2D eigenvalue weighted by Gasteiger charge is -2.11. The standard InChI is InChI=1S/C12H12F2N4/c1-7-11(15-2)16-6-17-12(7)18-10-4-3-8(13)5-9(10)14/h3-6H,1-2H3,(H2,15,16,17,18). The van der Waals surface area contributed by atoms with Crippen LogP contribution >= 0.6 is 0 Å². The SMILES string of the molecule is CNc1ncnc(Nc2ccc(F)cc2F)c1C. The third-order valence-electron chi connectivity index (χ3n) is 2.51. The molecule has 18 heavy (non-hydrogen) atoms. The molecule has 1 heterocycles. The summed E-state index contributed by atoms with van der Waals surface area (Å²) in [5, 5.41) is 5.71. The molecule has 0 unspecified atom stereocenters. The van der Waals surface area contributed by atoms with Crippen molar-refractivity contribution in [2.24, 2.45) is 0 Å². The highest BCUT2D eigenvalue weighted by Crippen LogP contribution is 2.24. The molecule has 0 saturated carbocycles. The summed E-state index contributed by atoms with van der Waals surface area (Å²) in [6.07, 6.45) is 1.36. The smallest absolute Gasteiger partial charge is 0.149 e. The summed E-state index contributed by atoms with van der Waals surface area (Å²) >= 11 is 0. The number of nitrogens with one attached hydrogen (secondary N) is 2. The summed E-state index contributed by atoms with van der Waals surface area (Å²) in [6, 6.07) is 3.32. The zero-order valence-corrected chi connectivity index (χ0v) is 9.96. The Balaban J connectivity index is 2.34. The normalized spacial score (nSPS) is 10.2. The van der Waals surface area contributed by atoms with Gasteiger partial charge in [0.25, 0.3) is 0 Å². The first kappa shape index (κ1) is 12.2. The molecule has 2 N–H and O–H groups in total. The summed E-state index contributed by atoms with van der Waals surface area (Å²) in [5.74, 6) is -0.165. The van der Waals surface area contributed by atoms with Crippen LogP contribution in [0.15, 0.2) is 24.5 Å². The molecular weight excluding hydrogens is 238 g/mol. The Bertz CT molecular complexity index is 572. The van der Waals surface area contributed by atoms with E-state index in [4.69, 9.17) is 0 Å². The van der Waals surface area contributed by atoms with Crippen molar-refractivity contribution < 1.29 is 8.78 Å². The Kier molecular flexibility index (Phi) is 3.36. The van der Waals surface area contributed by atoms with Gasteiger partial charge in [-0.25, -0.2) is 18.7 Å². The minimum Gasteiger partial charge on any atom is -0.373 e. The number of halogens is 2. The van der Waals surface area contributed by atoms with E-state index in [1.807, 2.05) is 0 Å². The summed E-state index contributed by atoms with van der Waals surface area (Å²) < 4.78 is 26.3. The van der Waals surface area contributed by atoms with Crippen LogP contribution in [-0.4, -0.2) is 17.0 Å². The van der Waals surface area contributed by atoms with E-state index < -0.39 is 11.6 Å². The number of hydrogen-bond donors (Lipinski definition) is 2. The number of nitrogens with zero attached hydrogens (tertiary/aromatic N) is 2. The lowest BCUT2D eigenvalue weighted by Crippen LogP contribution is -2.03. The van der Waals surface area contributed by atoms with E-state index in [1.54, 1.807) is 14.0 Å². The molecule has 1 aromatic heterocycles. The van der Waals surface area contributed by atoms with Crippen LogP contribution in [0.25, 0.3) is 0 Å². The van der Waals surface area contributed by atoms with Gasteiger partial charge in [-0.2, -0.15) is 0 Å². The highest BCUT2D eigenvalue weighted by molar-refractivity contribution is 5.64. The maximum Gasteiger partial charge on any atom is 0.149 e. The number of anilines is 3. The Morgan fingerprint density at radius 2 is 1.83 bits per heavy atom. The van der Waals surface area contributed by atoms with Crippen LogP contribution in [-0.2, 0) is 0 Å². The molecule has 4 nitrogen and oxygen atoms in total. The third kappa shape index (κ3) is 2.37. The number of hydrogen-bond acceptors (Lipinski definition) is 4. The first-order valence-corrected chi connectivity index (χ1v) is 5.33. The van der Waals surface area contributed by atoms with Crippen LogP contribution < -0.4 is 10.6 Å². The van der Waals surface area contributed by atoms with Gasteiger partial charge in [-0.3, -0.25) is 0 Å². The lowest BCUT2D eigenvalue weighted by molar-refractivity contribution is 0.586. The molecular formula is C12H12F2N4. The van der Waals surface area contributed by atoms with Gasteiger partial charge in [0.1, 0.15) is 29.6 Å².